The minimum Gasteiger partial charge on any atom is -0.381 e. The third-order valence-corrected chi connectivity index (χ3v) is 7.13. The Hall–Kier alpha value is -2.25. The normalized spacial score (nSPS) is 16.8. The van der Waals surface area contributed by atoms with Gasteiger partial charge < -0.3 is 15.0 Å². The van der Waals surface area contributed by atoms with Crippen molar-refractivity contribution in [1.82, 2.24) is 9.88 Å². The number of pyridine rings is 1. The van der Waals surface area contributed by atoms with Crippen LogP contribution in [0.3, 0.4) is 0 Å². The average Bonchev–Trinajstić information content (AvgIpc) is 2.76. The number of rotatable bonds is 7. The van der Waals surface area contributed by atoms with Gasteiger partial charge in [0.05, 0.1) is 6.04 Å². The van der Waals surface area contributed by atoms with E-state index in [1.165, 1.54) is 0 Å². The fourth-order valence-corrected chi connectivity index (χ4v) is 5.09. The van der Waals surface area contributed by atoms with E-state index in [2.05, 4.69) is 17.2 Å². The SMILES string of the molecule is CC[C@@H](c1ccncc1)N(C)C(=O)Nc1cccc(C[S@@](=O)C2CCOCC2)c1. The molecule has 0 aliphatic carbocycles. The zero-order valence-corrected chi connectivity index (χ0v) is 17.9. The maximum atomic E-state index is 12.8. The van der Waals surface area contributed by atoms with E-state index >= 15 is 0 Å². The van der Waals surface area contributed by atoms with Crippen molar-refractivity contribution >= 4 is 22.5 Å². The smallest absolute Gasteiger partial charge is 0.322 e. The number of aromatic nitrogens is 1. The van der Waals surface area contributed by atoms with Crippen LogP contribution < -0.4 is 5.32 Å². The van der Waals surface area contributed by atoms with Gasteiger partial charge in [-0.05, 0) is 54.7 Å². The molecule has 2 amide bonds. The zero-order valence-electron chi connectivity index (χ0n) is 17.0. The van der Waals surface area contributed by atoms with Crippen molar-refractivity contribution in [1.29, 1.82) is 0 Å². The first-order valence-electron chi connectivity index (χ1n) is 10.1. The maximum absolute atomic E-state index is 12.8. The lowest BCUT2D eigenvalue weighted by molar-refractivity contribution is 0.0992. The van der Waals surface area contributed by atoms with Gasteiger partial charge in [-0.1, -0.05) is 19.1 Å². The van der Waals surface area contributed by atoms with Gasteiger partial charge in [-0.15, -0.1) is 0 Å². The first-order chi connectivity index (χ1) is 14.1. The number of urea groups is 1. The van der Waals surface area contributed by atoms with Crippen LogP contribution in [0.15, 0.2) is 48.8 Å². The molecule has 7 heteroatoms. The van der Waals surface area contributed by atoms with Gasteiger partial charge in [0, 0.05) is 60.1 Å². The third kappa shape index (κ3) is 5.87. The predicted octanol–water partition coefficient (Wildman–Crippen LogP) is 4.12. The van der Waals surface area contributed by atoms with Gasteiger partial charge in [0.1, 0.15) is 0 Å². The second kappa shape index (κ2) is 10.5. The molecule has 0 unspecified atom stereocenters. The number of anilines is 1. The van der Waals surface area contributed by atoms with E-state index in [0.717, 1.165) is 30.4 Å². The lowest BCUT2D eigenvalue weighted by Crippen LogP contribution is -2.34. The molecule has 1 aromatic carbocycles. The number of hydrogen-bond donors (Lipinski definition) is 1. The molecule has 1 aromatic heterocycles. The number of amides is 2. The van der Waals surface area contributed by atoms with E-state index in [4.69, 9.17) is 4.74 Å². The minimum atomic E-state index is -0.930. The standard InChI is InChI=1S/C22H29N3O3S/c1-3-21(18-7-11-23-12-8-18)25(2)22(26)24-19-6-4-5-17(15-19)16-29(27)20-9-13-28-14-10-20/h4-8,11-12,15,20-21H,3,9-10,13-14,16H2,1-2H3,(H,24,26)/t21-,29+/m0/s1. The molecule has 2 atom stereocenters. The van der Waals surface area contributed by atoms with Crippen molar-refractivity contribution < 1.29 is 13.7 Å². The Bertz CT molecular complexity index is 825. The van der Waals surface area contributed by atoms with E-state index in [1.807, 2.05) is 36.4 Å². The van der Waals surface area contributed by atoms with Gasteiger partial charge >= 0.3 is 6.03 Å². The number of carbonyl (C=O) groups excluding carboxylic acids is 1. The van der Waals surface area contributed by atoms with Gasteiger partial charge in [-0.25, -0.2) is 4.79 Å². The first kappa shape index (κ1) is 21.5. The van der Waals surface area contributed by atoms with E-state index in [1.54, 1.807) is 24.3 Å². The van der Waals surface area contributed by atoms with Crippen molar-refractivity contribution in [3.05, 3.63) is 59.9 Å². The topological polar surface area (TPSA) is 71.5 Å². The average molecular weight is 416 g/mol. The summed E-state index contributed by atoms with van der Waals surface area (Å²) in [5.41, 5.74) is 2.74. The van der Waals surface area contributed by atoms with Crippen LogP contribution in [-0.4, -0.2) is 45.6 Å². The van der Waals surface area contributed by atoms with Gasteiger partial charge in [0.25, 0.3) is 0 Å². The Morgan fingerprint density at radius 1 is 1.28 bits per heavy atom. The largest absolute Gasteiger partial charge is 0.381 e. The van der Waals surface area contributed by atoms with Crippen molar-refractivity contribution in [3.8, 4) is 0 Å². The van der Waals surface area contributed by atoms with Gasteiger partial charge in [-0.3, -0.25) is 9.19 Å². The number of nitrogens with zero attached hydrogens (tertiary/aromatic N) is 2. The second-order valence-corrected chi connectivity index (χ2v) is 9.00. The van der Waals surface area contributed by atoms with Crippen LogP contribution in [0.2, 0.25) is 0 Å². The van der Waals surface area contributed by atoms with E-state index in [9.17, 15) is 9.00 Å². The van der Waals surface area contributed by atoms with Crippen LogP contribution in [0.25, 0.3) is 0 Å². The molecule has 1 N–H and O–H groups in total. The summed E-state index contributed by atoms with van der Waals surface area (Å²) in [6.45, 7) is 3.44. The molecular weight excluding hydrogens is 386 g/mol. The fraction of sp³-hybridized carbons (Fsp3) is 0.455. The molecule has 2 aromatic rings. The van der Waals surface area contributed by atoms with Crippen molar-refractivity contribution in [2.45, 2.75) is 43.2 Å². The molecular formula is C22H29N3O3S. The zero-order chi connectivity index (χ0) is 20.6. The summed E-state index contributed by atoms with van der Waals surface area (Å²) in [6, 6.07) is 11.3. The van der Waals surface area contributed by atoms with Gasteiger partial charge in [0.15, 0.2) is 0 Å². The van der Waals surface area contributed by atoms with Crippen molar-refractivity contribution in [3.63, 3.8) is 0 Å². The molecule has 156 valence electrons. The van der Waals surface area contributed by atoms with Gasteiger partial charge in [0.2, 0.25) is 0 Å². The number of ether oxygens (including phenoxy) is 1. The highest BCUT2D eigenvalue weighted by Gasteiger charge is 2.22. The number of carbonyl (C=O) groups is 1. The lowest BCUT2D eigenvalue weighted by atomic mass is 10.1. The number of benzene rings is 1. The number of hydrogen-bond acceptors (Lipinski definition) is 4. The van der Waals surface area contributed by atoms with Crippen LogP contribution in [0.5, 0.6) is 0 Å². The van der Waals surface area contributed by atoms with Gasteiger partial charge in [-0.2, -0.15) is 0 Å². The quantitative estimate of drug-likeness (QED) is 0.738. The maximum Gasteiger partial charge on any atom is 0.322 e. The minimum absolute atomic E-state index is 0.0257. The Balaban J connectivity index is 1.62. The molecule has 1 aliphatic rings. The molecule has 0 radical (unpaired) electrons. The Kier molecular flexibility index (Phi) is 7.77. The molecule has 0 spiro atoms. The van der Waals surface area contributed by atoms with Crippen LogP contribution in [-0.2, 0) is 21.3 Å². The molecule has 0 saturated carbocycles. The van der Waals surface area contributed by atoms with Crippen LogP contribution >= 0.6 is 0 Å². The highest BCUT2D eigenvalue weighted by molar-refractivity contribution is 7.84. The Labute approximate surface area is 175 Å². The van der Waals surface area contributed by atoms with E-state index < -0.39 is 10.8 Å². The molecule has 1 fully saturated rings. The molecule has 0 bridgehead atoms. The molecule has 1 aliphatic heterocycles. The summed E-state index contributed by atoms with van der Waals surface area (Å²) in [4.78, 5) is 18.6. The molecule has 2 heterocycles. The second-order valence-electron chi connectivity index (χ2n) is 7.28. The molecule has 29 heavy (non-hydrogen) atoms. The summed E-state index contributed by atoms with van der Waals surface area (Å²) >= 11 is 0. The lowest BCUT2D eigenvalue weighted by Gasteiger charge is -2.28. The van der Waals surface area contributed by atoms with E-state index in [-0.39, 0.29) is 17.3 Å². The highest BCUT2D eigenvalue weighted by atomic mass is 32.2. The summed E-state index contributed by atoms with van der Waals surface area (Å²) in [5.74, 6) is 0.499. The summed E-state index contributed by atoms with van der Waals surface area (Å²) < 4.78 is 18.0. The summed E-state index contributed by atoms with van der Waals surface area (Å²) in [7, 11) is 0.870. The Morgan fingerprint density at radius 3 is 2.69 bits per heavy atom. The number of nitrogens with one attached hydrogen (secondary N) is 1. The summed E-state index contributed by atoms with van der Waals surface area (Å²) in [6.07, 6.45) is 5.98. The molecule has 1 saturated heterocycles. The molecule has 6 nitrogen and oxygen atoms in total. The van der Waals surface area contributed by atoms with Crippen LogP contribution in [0, 0.1) is 0 Å². The Morgan fingerprint density at radius 2 is 2.00 bits per heavy atom. The third-order valence-electron chi connectivity index (χ3n) is 5.29. The predicted molar refractivity (Wildman–Crippen MR) is 116 cm³/mol. The highest BCUT2D eigenvalue weighted by Crippen LogP contribution is 2.24. The summed E-state index contributed by atoms with van der Waals surface area (Å²) in [5, 5.41) is 3.17. The van der Waals surface area contributed by atoms with Crippen LogP contribution in [0.4, 0.5) is 10.5 Å². The van der Waals surface area contributed by atoms with Crippen molar-refractivity contribution in [2.24, 2.45) is 0 Å². The van der Waals surface area contributed by atoms with E-state index in [0.29, 0.717) is 24.7 Å². The van der Waals surface area contributed by atoms with Crippen molar-refractivity contribution in [2.75, 3.05) is 25.6 Å². The monoisotopic (exact) mass is 415 g/mol. The first-order valence-corrected chi connectivity index (χ1v) is 11.4. The van der Waals surface area contributed by atoms with Crippen LogP contribution in [0.1, 0.15) is 43.4 Å². The fourth-order valence-electron chi connectivity index (χ4n) is 3.63. The molecule has 3 rings (SSSR count).